The number of fused-ring (bicyclic) bond motifs is 1. The van der Waals surface area contributed by atoms with Crippen LogP contribution in [0.1, 0.15) is 10.4 Å². The lowest BCUT2D eigenvalue weighted by molar-refractivity contribution is 0.0985. The van der Waals surface area contributed by atoms with Crippen LogP contribution in [0.25, 0.3) is 10.2 Å². The van der Waals surface area contributed by atoms with Crippen molar-refractivity contribution in [2.24, 2.45) is 0 Å². The Bertz CT molecular complexity index is 1280. The molecule has 0 saturated carbocycles. The molecule has 0 saturated heterocycles. The third kappa shape index (κ3) is 7.63. The van der Waals surface area contributed by atoms with E-state index in [-0.39, 0.29) is 49.5 Å². The van der Waals surface area contributed by atoms with E-state index in [1.54, 1.807) is 12.0 Å². The van der Waals surface area contributed by atoms with Crippen molar-refractivity contribution in [3.63, 3.8) is 0 Å². The summed E-state index contributed by atoms with van der Waals surface area (Å²) in [7, 11) is 4.70. The third-order valence-corrected chi connectivity index (χ3v) is 8.62. The number of likely N-dealkylation sites (N-methyl/N-ethyl adjacent to an activating group) is 1. The molecule has 0 fully saturated rings. The first kappa shape index (κ1) is 31.9. The molecule has 1 amide bonds. The van der Waals surface area contributed by atoms with Gasteiger partial charge in [-0.1, -0.05) is 17.4 Å². The largest absolute Gasteiger partial charge is 0.494 e. The van der Waals surface area contributed by atoms with Crippen LogP contribution in [0, 0.1) is 0 Å². The molecule has 3 rings (SSSR count). The lowest BCUT2D eigenvalue weighted by Gasteiger charge is -2.23. The first-order valence-corrected chi connectivity index (χ1v) is 14.0. The van der Waals surface area contributed by atoms with Crippen LogP contribution in [-0.2, 0) is 19.5 Å². The molecule has 0 atom stereocenters. The minimum absolute atomic E-state index is 0. The molecule has 1 aromatic heterocycles. The molecule has 2 aromatic carbocycles. The zero-order valence-electron chi connectivity index (χ0n) is 22.2. The number of hydrogen-bond acceptors (Lipinski definition) is 9. The summed E-state index contributed by atoms with van der Waals surface area (Å²) in [5, 5.41) is 0.549. The van der Waals surface area contributed by atoms with Crippen LogP contribution in [0.2, 0.25) is 0 Å². The maximum atomic E-state index is 13.6. The van der Waals surface area contributed by atoms with Crippen molar-refractivity contribution < 1.29 is 27.4 Å². The van der Waals surface area contributed by atoms with Gasteiger partial charge in [0.2, 0.25) is 10.0 Å². The van der Waals surface area contributed by atoms with Gasteiger partial charge in [0.05, 0.1) is 29.9 Å². The van der Waals surface area contributed by atoms with Gasteiger partial charge in [0.25, 0.3) is 5.91 Å². The zero-order chi connectivity index (χ0) is 27.0. The molecule has 10 nitrogen and oxygen atoms in total. The third-order valence-electron chi connectivity index (χ3n) is 5.67. The highest BCUT2D eigenvalue weighted by molar-refractivity contribution is 7.89. The number of ether oxygens (including phenoxy) is 3. The number of halogens is 1. The topological polar surface area (TPSA) is 102 Å². The number of carbonyl (C=O) groups is 1. The molecule has 1 heterocycles. The second-order valence-electron chi connectivity index (χ2n) is 8.48. The zero-order valence-corrected chi connectivity index (χ0v) is 24.7. The van der Waals surface area contributed by atoms with Crippen LogP contribution in [0.5, 0.6) is 5.75 Å². The molecule has 0 unspecified atom stereocenters. The molecule has 0 aliphatic heterocycles. The van der Waals surface area contributed by atoms with Crippen molar-refractivity contribution >= 4 is 55.0 Å². The highest BCUT2D eigenvalue weighted by Gasteiger charge is 2.26. The number of thiazole rings is 1. The molecule has 0 aliphatic carbocycles. The van der Waals surface area contributed by atoms with E-state index >= 15 is 0 Å². The molecule has 0 bridgehead atoms. The summed E-state index contributed by atoms with van der Waals surface area (Å²) in [6.45, 7) is 1.94. The average molecular weight is 587 g/mol. The summed E-state index contributed by atoms with van der Waals surface area (Å²) in [6.07, 6.45) is 0. The average Bonchev–Trinajstić information content (AvgIpc) is 3.32. The number of sulfonamides is 1. The van der Waals surface area contributed by atoms with E-state index in [0.29, 0.717) is 35.1 Å². The number of carbonyl (C=O) groups excluding carboxylic acids is 1. The SMILES string of the molecule is COCCN(CCOC)S(=O)(=O)c1ccc(C(=O)N(CCN(C)C)c2nc3c(OC)cccc3s2)cc1.Cl. The maximum absolute atomic E-state index is 13.6. The van der Waals surface area contributed by atoms with E-state index in [2.05, 4.69) is 0 Å². The molecular formula is C25H35ClN4O6S2. The molecule has 0 spiro atoms. The van der Waals surface area contributed by atoms with Gasteiger partial charge in [-0.25, -0.2) is 13.4 Å². The van der Waals surface area contributed by atoms with Crippen LogP contribution >= 0.6 is 23.7 Å². The highest BCUT2D eigenvalue weighted by atomic mass is 35.5. The summed E-state index contributed by atoms with van der Waals surface area (Å²) in [4.78, 5) is 22.0. The molecular weight excluding hydrogens is 552 g/mol. The van der Waals surface area contributed by atoms with Gasteiger partial charge >= 0.3 is 0 Å². The number of rotatable bonds is 14. The normalized spacial score (nSPS) is 11.7. The lowest BCUT2D eigenvalue weighted by Crippen LogP contribution is -2.37. The van der Waals surface area contributed by atoms with Gasteiger partial charge < -0.3 is 19.1 Å². The Morgan fingerprint density at radius 2 is 1.55 bits per heavy atom. The van der Waals surface area contributed by atoms with Gasteiger partial charge in [0.1, 0.15) is 11.3 Å². The number of benzene rings is 2. The molecule has 3 aromatic rings. The van der Waals surface area contributed by atoms with Crippen molar-refractivity contribution in [1.82, 2.24) is 14.2 Å². The van der Waals surface area contributed by atoms with E-state index in [0.717, 1.165) is 4.70 Å². The van der Waals surface area contributed by atoms with E-state index in [4.69, 9.17) is 19.2 Å². The van der Waals surface area contributed by atoms with Crippen LogP contribution in [0.15, 0.2) is 47.4 Å². The van der Waals surface area contributed by atoms with Gasteiger partial charge in [-0.15, -0.1) is 12.4 Å². The van der Waals surface area contributed by atoms with Crippen molar-refractivity contribution in [3.05, 3.63) is 48.0 Å². The van der Waals surface area contributed by atoms with Crippen LogP contribution in [0.3, 0.4) is 0 Å². The second kappa shape index (κ2) is 14.7. The Labute approximate surface area is 234 Å². The molecule has 13 heteroatoms. The number of hydrogen-bond donors (Lipinski definition) is 0. The lowest BCUT2D eigenvalue weighted by atomic mass is 10.2. The summed E-state index contributed by atoms with van der Waals surface area (Å²) >= 11 is 1.41. The maximum Gasteiger partial charge on any atom is 0.260 e. The first-order chi connectivity index (χ1) is 17.7. The minimum Gasteiger partial charge on any atom is -0.494 e. The Hall–Kier alpha value is -2.32. The number of anilines is 1. The quantitative estimate of drug-likeness (QED) is 0.284. The summed E-state index contributed by atoms with van der Waals surface area (Å²) in [6, 6.07) is 11.6. The predicted octanol–water partition coefficient (Wildman–Crippen LogP) is 3.22. The number of para-hydroxylation sites is 1. The van der Waals surface area contributed by atoms with E-state index < -0.39 is 10.0 Å². The second-order valence-corrected chi connectivity index (χ2v) is 11.4. The molecule has 0 radical (unpaired) electrons. The van der Waals surface area contributed by atoms with Gasteiger partial charge in [-0.3, -0.25) is 9.69 Å². The van der Waals surface area contributed by atoms with E-state index in [1.165, 1.54) is 54.1 Å². The smallest absolute Gasteiger partial charge is 0.260 e. The summed E-state index contributed by atoms with van der Waals surface area (Å²) < 4.78 is 44.2. The van der Waals surface area contributed by atoms with E-state index in [9.17, 15) is 13.2 Å². The Balaban J connectivity index is 0.00000507. The van der Waals surface area contributed by atoms with Gasteiger partial charge in [0.15, 0.2) is 5.13 Å². The van der Waals surface area contributed by atoms with Crippen molar-refractivity contribution in [1.29, 1.82) is 0 Å². The van der Waals surface area contributed by atoms with Crippen molar-refractivity contribution in [3.8, 4) is 5.75 Å². The highest BCUT2D eigenvalue weighted by Crippen LogP contribution is 2.34. The molecule has 38 heavy (non-hydrogen) atoms. The fourth-order valence-electron chi connectivity index (χ4n) is 3.59. The van der Waals surface area contributed by atoms with Crippen molar-refractivity contribution in [2.45, 2.75) is 4.90 Å². The van der Waals surface area contributed by atoms with Gasteiger partial charge in [-0.2, -0.15) is 4.31 Å². The molecule has 0 aliphatic rings. The summed E-state index contributed by atoms with van der Waals surface area (Å²) in [5.41, 5.74) is 1.06. The Morgan fingerprint density at radius 1 is 0.921 bits per heavy atom. The number of methoxy groups -OCH3 is 3. The predicted molar refractivity (Wildman–Crippen MR) is 153 cm³/mol. The van der Waals surface area contributed by atoms with Gasteiger partial charge in [0, 0.05) is 46.0 Å². The van der Waals surface area contributed by atoms with Crippen LogP contribution in [0.4, 0.5) is 5.13 Å². The summed E-state index contributed by atoms with van der Waals surface area (Å²) in [5.74, 6) is 0.375. The monoisotopic (exact) mass is 586 g/mol. The standard InChI is InChI=1S/C25H34N4O6S2.ClH/c1-27(2)13-14-29(25-26-23-21(35-5)7-6-8-22(23)36-25)24(30)19-9-11-20(12-10-19)37(31,32)28(15-17-33-3)16-18-34-4;/h6-12H,13-18H2,1-5H3;1H. The number of aromatic nitrogens is 1. The molecule has 210 valence electrons. The van der Waals surface area contributed by atoms with Gasteiger partial charge in [-0.05, 0) is 50.5 Å². The number of amides is 1. The fourth-order valence-corrected chi connectivity index (χ4v) is 6.00. The van der Waals surface area contributed by atoms with Crippen LogP contribution in [-0.4, -0.2) is 103 Å². The number of nitrogens with zero attached hydrogens (tertiary/aromatic N) is 4. The first-order valence-electron chi connectivity index (χ1n) is 11.7. The Morgan fingerprint density at radius 3 is 2.11 bits per heavy atom. The van der Waals surface area contributed by atoms with Crippen LogP contribution < -0.4 is 9.64 Å². The van der Waals surface area contributed by atoms with Crippen molar-refractivity contribution in [2.75, 3.05) is 79.7 Å². The Kier molecular flexibility index (Phi) is 12.4. The minimum atomic E-state index is -3.79. The fraction of sp³-hybridized carbons (Fsp3) is 0.440. The molecule has 0 N–H and O–H groups in total. The van der Waals surface area contributed by atoms with E-state index in [1.807, 2.05) is 37.2 Å².